The van der Waals surface area contributed by atoms with Crippen molar-refractivity contribution in [3.63, 3.8) is 0 Å². The molecule has 0 nitrogen and oxygen atoms in total. The number of unbranched alkanes of at least 4 members (excludes halogenated alkanes) is 12. The first-order valence-corrected chi connectivity index (χ1v) is 9.04. The summed E-state index contributed by atoms with van der Waals surface area (Å²) < 4.78 is 0. The van der Waals surface area contributed by atoms with Gasteiger partial charge in [0.25, 0.3) is 0 Å². The van der Waals surface area contributed by atoms with Gasteiger partial charge >= 0.3 is 95.3 Å². The fourth-order valence-corrected chi connectivity index (χ4v) is 2.66. The molecule has 0 bridgehead atoms. The Kier molecular flexibility index (Phi) is 16.4. The van der Waals surface area contributed by atoms with E-state index < -0.39 is 0 Å². The van der Waals surface area contributed by atoms with Crippen molar-refractivity contribution >= 4 is 0 Å². The summed E-state index contributed by atoms with van der Waals surface area (Å²) in [7, 11) is 0. The second-order valence-electron chi connectivity index (χ2n) is 4.90. The number of rotatable bonds is 13. The van der Waals surface area contributed by atoms with E-state index in [1.807, 2.05) is 0 Å². The molecule has 101 valence electrons. The van der Waals surface area contributed by atoms with Crippen LogP contribution < -0.4 is 0 Å². The second-order valence-corrected chi connectivity index (χ2v) is 6.04. The first-order chi connectivity index (χ1) is 7.91. The molecule has 0 atom stereocenters. The van der Waals surface area contributed by atoms with E-state index in [0.717, 1.165) is 0 Å². The second kappa shape index (κ2) is 15.7. The topological polar surface area (TPSA) is 0 Å². The van der Waals surface area contributed by atoms with Crippen LogP contribution in [0.5, 0.6) is 0 Å². The molecule has 0 unspecified atom stereocenters. The maximum absolute atomic E-state index is 2.47. The number of hydrogen-bond acceptors (Lipinski definition) is 0. The molecule has 0 aromatic carbocycles. The molecule has 1 heteroatoms. The monoisotopic (exact) mass is 406 g/mol. The van der Waals surface area contributed by atoms with Crippen molar-refractivity contribution < 1.29 is 19.8 Å². The van der Waals surface area contributed by atoms with Gasteiger partial charge in [-0.1, -0.05) is 19.8 Å². The van der Waals surface area contributed by atoms with Gasteiger partial charge in [-0.3, -0.25) is 0 Å². The van der Waals surface area contributed by atoms with Crippen molar-refractivity contribution in [2.75, 3.05) is 0 Å². The molecular weight excluding hydrogens is 375 g/mol. The first kappa shape index (κ1) is 16.7. The van der Waals surface area contributed by atoms with E-state index in [-0.39, 0.29) is 0 Å². The van der Waals surface area contributed by atoms with Gasteiger partial charge in [-0.25, -0.2) is 0 Å². The van der Waals surface area contributed by atoms with Crippen LogP contribution >= 0.6 is 0 Å². The molecule has 0 spiro atoms. The third-order valence-electron chi connectivity index (χ3n) is 3.22. The quantitative estimate of drug-likeness (QED) is 0.327. The van der Waals surface area contributed by atoms with E-state index in [1.54, 1.807) is 0 Å². The van der Waals surface area contributed by atoms with Gasteiger partial charge in [0.15, 0.2) is 0 Å². The minimum absolute atomic E-state index is 1.34. The summed E-state index contributed by atoms with van der Waals surface area (Å²) >= 11 is 2.47. The molecule has 0 rings (SSSR count). The van der Waals surface area contributed by atoms with Gasteiger partial charge in [-0.2, -0.15) is 0 Å². The predicted molar refractivity (Wildman–Crippen MR) is 70.5 cm³/mol. The molecule has 0 saturated carbocycles. The summed E-state index contributed by atoms with van der Waals surface area (Å²) in [4.78, 5) is 1.34. The summed E-state index contributed by atoms with van der Waals surface area (Å²) in [5.74, 6) is 0. The fourth-order valence-electron chi connectivity index (χ4n) is 2.10. The zero-order chi connectivity index (χ0) is 11.9. The average Bonchev–Trinajstić information content (AvgIpc) is 2.31. The Hall–Kier alpha value is 0.688. The van der Waals surface area contributed by atoms with Crippen molar-refractivity contribution in [1.29, 1.82) is 0 Å². The molecule has 16 heavy (non-hydrogen) atoms. The summed E-state index contributed by atoms with van der Waals surface area (Å²) in [5.41, 5.74) is 0. The zero-order valence-corrected chi connectivity index (χ0v) is 13.5. The fraction of sp³-hybridized carbons (Fsp3) is 1.00. The van der Waals surface area contributed by atoms with Crippen molar-refractivity contribution in [1.82, 2.24) is 0 Å². The van der Waals surface area contributed by atoms with Crippen LogP contribution in [0, 0.1) is 0 Å². The van der Waals surface area contributed by atoms with Crippen LogP contribution in [0.1, 0.15) is 90.4 Å². The molecule has 0 aliphatic rings. The molecule has 0 amide bonds. The van der Waals surface area contributed by atoms with Crippen molar-refractivity contribution in [2.24, 2.45) is 0 Å². The summed E-state index contributed by atoms with van der Waals surface area (Å²) in [6, 6.07) is 0. The molecule has 0 heterocycles. The van der Waals surface area contributed by atoms with E-state index >= 15 is 0 Å². The molecular formula is C15H31Pt. The molecule has 0 fully saturated rings. The minimum atomic E-state index is 1.34. The zero-order valence-electron chi connectivity index (χ0n) is 11.2. The normalized spacial score (nSPS) is 10.9. The van der Waals surface area contributed by atoms with Crippen LogP contribution in [0.15, 0.2) is 0 Å². The van der Waals surface area contributed by atoms with Gasteiger partial charge in [0.2, 0.25) is 0 Å². The Balaban J connectivity index is 2.83. The van der Waals surface area contributed by atoms with E-state index in [4.69, 9.17) is 0 Å². The Bertz CT molecular complexity index is 98.0. The van der Waals surface area contributed by atoms with Crippen LogP contribution in [0.25, 0.3) is 0 Å². The Morgan fingerprint density at radius 3 is 1.12 bits per heavy atom. The van der Waals surface area contributed by atoms with E-state index in [1.165, 1.54) is 88.3 Å². The first-order valence-electron chi connectivity index (χ1n) is 7.43. The molecule has 0 radical (unpaired) electrons. The van der Waals surface area contributed by atoms with Gasteiger partial charge in [0.1, 0.15) is 0 Å². The van der Waals surface area contributed by atoms with Crippen molar-refractivity contribution in [2.45, 2.75) is 95.2 Å². The molecule has 0 N–H and O–H groups in total. The maximum atomic E-state index is 2.47. The van der Waals surface area contributed by atoms with Crippen LogP contribution in [-0.2, 0) is 19.8 Å². The van der Waals surface area contributed by atoms with Crippen LogP contribution in [0.3, 0.4) is 0 Å². The van der Waals surface area contributed by atoms with Crippen LogP contribution in [0.2, 0.25) is 4.81 Å². The molecule has 0 saturated heterocycles. The van der Waals surface area contributed by atoms with Crippen LogP contribution in [0.4, 0.5) is 0 Å². The summed E-state index contributed by atoms with van der Waals surface area (Å²) in [5, 5.41) is 0. The summed E-state index contributed by atoms with van der Waals surface area (Å²) in [6.07, 6.45) is 19.0. The molecule has 0 aliphatic heterocycles. The van der Waals surface area contributed by atoms with E-state index in [9.17, 15) is 0 Å². The van der Waals surface area contributed by atoms with Gasteiger partial charge in [-0.15, -0.1) is 0 Å². The van der Waals surface area contributed by atoms with Gasteiger partial charge in [-0.05, 0) is 0 Å². The van der Waals surface area contributed by atoms with Crippen molar-refractivity contribution in [3.05, 3.63) is 0 Å². The third kappa shape index (κ3) is 14.7. The Morgan fingerprint density at radius 2 is 0.812 bits per heavy atom. The van der Waals surface area contributed by atoms with Crippen molar-refractivity contribution in [3.8, 4) is 0 Å². The molecule has 0 aromatic heterocycles. The predicted octanol–water partition coefficient (Wildman–Crippen LogP) is 6.04. The number of hydrogen-bond donors (Lipinski definition) is 0. The van der Waals surface area contributed by atoms with E-state index in [2.05, 4.69) is 26.7 Å². The molecule has 0 aliphatic carbocycles. The van der Waals surface area contributed by atoms with Gasteiger partial charge < -0.3 is 0 Å². The van der Waals surface area contributed by atoms with Crippen LogP contribution in [-0.4, -0.2) is 0 Å². The average molecular weight is 406 g/mol. The van der Waals surface area contributed by atoms with Gasteiger partial charge in [0, 0.05) is 0 Å². The molecule has 0 aromatic rings. The van der Waals surface area contributed by atoms with Gasteiger partial charge in [0.05, 0.1) is 0 Å². The SMILES string of the molecule is CCCCCCCCCCCCCC[CH2][Pt]. The third-order valence-corrected chi connectivity index (χ3v) is 4.02. The Morgan fingerprint density at radius 1 is 0.500 bits per heavy atom. The van der Waals surface area contributed by atoms with E-state index in [0.29, 0.717) is 0 Å². The standard InChI is InChI=1S/C15H31.Pt/c1-3-5-7-9-11-13-15-14-12-10-8-6-4-2;/h1,3-15H2,2H3;. The summed E-state index contributed by atoms with van der Waals surface area (Å²) in [6.45, 7) is 2.29. The Labute approximate surface area is 115 Å².